The summed E-state index contributed by atoms with van der Waals surface area (Å²) in [5.74, 6) is 1.08. The van der Waals surface area contributed by atoms with E-state index in [1.807, 2.05) is 24.0 Å². The number of aromatic nitrogens is 2. The van der Waals surface area contributed by atoms with E-state index < -0.39 is 0 Å². The number of likely N-dealkylation sites (tertiary alicyclic amines) is 1. The molecule has 2 fully saturated rings. The number of nitrogens with zero attached hydrogens (tertiary/aromatic N) is 4. The monoisotopic (exact) mass is 264 g/mol. The van der Waals surface area contributed by atoms with Gasteiger partial charge in [0.2, 0.25) is 0 Å². The van der Waals surface area contributed by atoms with Gasteiger partial charge >= 0.3 is 6.09 Å². The van der Waals surface area contributed by atoms with E-state index in [2.05, 4.69) is 9.88 Å². The number of hydrogen-bond acceptors (Lipinski definition) is 4. The van der Waals surface area contributed by atoms with Crippen LogP contribution in [0.4, 0.5) is 4.79 Å². The first-order valence-electron chi connectivity index (χ1n) is 6.71. The molecule has 3 heterocycles. The van der Waals surface area contributed by atoms with E-state index in [1.165, 1.54) is 0 Å². The lowest BCUT2D eigenvalue weighted by molar-refractivity contribution is -0.00190. The van der Waals surface area contributed by atoms with E-state index in [0.717, 1.165) is 44.8 Å². The zero-order valence-electron chi connectivity index (χ0n) is 11.5. The number of carbonyl (C=O) groups is 1. The van der Waals surface area contributed by atoms with Gasteiger partial charge in [-0.05, 0) is 0 Å². The van der Waals surface area contributed by atoms with Crippen LogP contribution in [-0.2, 0) is 18.3 Å². The van der Waals surface area contributed by atoms with E-state index in [-0.39, 0.29) is 11.7 Å². The number of amides is 1. The molecule has 6 heteroatoms. The maximum absolute atomic E-state index is 11.5. The fraction of sp³-hybridized carbons (Fsp3) is 0.692. The highest BCUT2D eigenvalue weighted by atomic mass is 16.6. The second kappa shape index (κ2) is 4.52. The molecule has 2 aliphatic rings. The zero-order valence-corrected chi connectivity index (χ0v) is 11.5. The van der Waals surface area contributed by atoms with Crippen molar-refractivity contribution in [3.05, 3.63) is 18.2 Å². The molecule has 0 saturated carbocycles. The van der Waals surface area contributed by atoms with E-state index in [9.17, 15) is 4.79 Å². The zero-order chi connectivity index (χ0) is 13.5. The van der Waals surface area contributed by atoms with Gasteiger partial charge in [-0.1, -0.05) is 0 Å². The van der Waals surface area contributed by atoms with Crippen molar-refractivity contribution in [2.45, 2.75) is 25.0 Å². The summed E-state index contributed by atoms with van der Waals surface area (Å²) in [5, 5.41) is 0. The molecule has 1 spiro atoms. The van der Waals surface area contributed by atoms with Gasteiger partial charge in [0, 0.05) is 52.4 Å². The van der Waals surface area contributed by atoms with Gasteiger partial charge in [-0.25, -0.2) is 9.78 Å². The summed E-state index contributed by atoms with van der Waals surface area (Å²) in [4.78, 5) is 19.9. The van der Waals surface area contributed by atoms with Crippen molar-refractivity contribution in [1.82, 2.24) is 19.4 Å². The van der Waals surface area contributed by atoms with Crippen molar-refractivity contribution >= 4 is 6.09 Å². The number of ether oxygens (including phenoxy) is 1. The summed E-state index contributed by atoms with van der Waals surface area (Å²) in [6.45, 7) is 3.49. The van der Waals surface area contributed by atoms with Gasteiger partial charge in [-0.2, -0.15) is 0 Å². The van der Waals surface area contributed by atoms with Crippen molar-refractivity contribution in [2.24, 2.45) is 7.05 Å². The van der Waals surface area contributed by atoms with Crippen LogP contribution in [0.1, 0.15) is 18.7 Å². The molecular formula is C13H20N4O2. The Morgan fingerprint density at radius 3 is 2.63 bits per heavy atom. The van der Waals surface area contributed by atoms with Crippen LogP contribution in [-0.4, -0.2) is 57.7 Å². The van der Waals surface area contributed by atoms with Gasteiger partial charge in [0.1, 0.15) is 11.4 Å². The first-order valence-corrected chi connectivity index (χ1v) is 6.71. The highest BCUT2D eigenvalue weighted by molar-refractivity contribution is 5.70. The lowest BCUT2D eigenvalue weighted by Crippen LogP contribution is -2.46. The molecule has 0 N–H and O–H groups in total. The Hall–Kier alpha value is -1.56. The van der Waals surface area contributed by atoms with E-state index in [4.69, 9.17) is 4.74 Å². The van der Waals surface area contributed by atoms with Crippen molar-refractivity contribution in [2.75, 3.05) is 26.7 Å². The fourth-order valence-corrected chi connectivity index (χ4v) is 2.92. The maximum Gasteiger partial charge on any atom is 0.410 e. The average Bonchev–Trinajstić information content (AvgIpc) is 2.89. The smallest absolute Gasteiger partial charge is 0.410 e. The predicted octanol–water partition coefficient (Wildman–Crippen LogP) is 0.837. The maximum atomic E-state index is 11.5. The molecule has 0 radical (unpaired) electrons. The Bertz CT molecular complexity index is 477. The molecule has 104 valence electrons. The number of rotatable bonds is 2. The molecule has 0 atom stereocenters. The third-order valence-electron chi connectivity index (χ3n) is 4.19. The van der Waals surface area contributed by atoms with E-state index in [0.29, 0.717) is 0 Å². The van der Waals surface area contributed by atoms with E-state index >= 15 is 0 Å². The second-order valence-corrected chi connectivity index (χ2v) is 5.64. The fourth-order valence-electron chi connectivity index (χ4n) is 2.92. The molecule has 19 heavy (non-hydrogen) atoms. The second-order valence-electron chi connectivity index (χ2n) is 5.64. The minimum atomic E-state index is -0.246. The van der Waals surface area contributed by atoms with Crippen LogP contribution in [0.15, 0.2) is 12.4 Å². The Labute approximate surface area is 113 Å². The molecular weight excluding hydrogens is 244 g/mol. The van der Waals surface area contributed by atoms with Gasteiger partial charge in [-0.15, -0.1) is 0 Å². The van der Waals surface area contributed by atoms with Crippen LogP contribution in [0.25, 0.3) is 0 Å². The standard InChI is InChI=1S/C13H20N4O2/c1-15-8-5-14-11(15)9-17-6-3-13(4-7-17)10-16(2)12(18)19-13/h5,8H,3-4,6-7,9-10H2,1-2H3. The van der Waals surface area contributed by atoms with Gasteiger partial charge in [-0.3, -0.25) is 4.90 Å². The molecule has 6 nitrogen and oxygen atoms in total. The molecule has 1 amide bonds. The van der Waals surface area contributed by atoms with E-state index in [1.54, 1.807) is 11.9 Å². The molecule has 1 aromatic heterocycles. The number of carbonyl (C=O) groups excluding carboxylic acids is 1. The molecule has 1 aromatic rings. The summed E-state index contributed by atoms with van der Waals surface area (Å²) < 4.78 is 7.60. The lowest BCUT2D eigenvalue weighted by atomic mass is 9.91. The molecule has 0 aromatic carbocycles. The molecule has 0 aliphatic carbocycles. The van der Waals surface area contributed by atoms with Crippen molar-refractivity contribution in [1.29, 1.82) is 0 Å². The van der Waals surface area contributed by atoms with Crippen LogP contribution in [0.3, 0.4) is 0 Å². The summed E-state index contributed by atoms with van der Waals surface area (Å²) in [5.41, 5.74) is -0.246. The van der Waals surface area contributed by atoms with Crippen molar-refractivity contribution in [3.8, 4) is 0 Å². The number of piperidine rings is 1. The van der Waals surface area contributed by atoms with Crippen LogP contribution in [0, 0.1) is 0 Å². The van der Waals surface area contributed by atoms with Crippen LogP contribution in [0.2, 0.25) is 0 Å². The largest absolute Gasteiger partial charge is 0.441 e. The van der Waals surface area contributed by atoms with Crippen molar-refractivity contribution in [3.63, 3.8) is 0 Å². The van der Waals surface area contributed by atoms with Gasteiger partial charge < -0.3 is 14.2 Å². The minimum absolute atomic E-state index is 0.183. The first-order chi connectivity index (χ1) is 9.08. The lowest BCUT2D eigenvalue weighted by Gasteiger charge is -2.37. The highest BCUT2D eigenvalue weighted by Gasteiger charge is 2.45. The predicted molar refractivity (Wildman–Crippen MR) is 69.6 cm³/mol. The van der Waals surface area contributed by atoms with Gasteiger partial charge in [0.15, 0.2) is 0 Å². The van der Waals surface area contributed by atoms with Gasteiger partial charge in [0.25, 0.3) is 0 Å². The summed E-state index contributed by atoms with van der Waals surface area (Å²) in [6, 6.07) is 0. The minimum Gasteiger partial charge on any atom is -0.441 e. The molecule has 0 unspecified atom stereocenters. The highest BCUT2D eigenvalue weighted by Crippen LogP contribution is 2.32. The van der Waals surface area contributed by atoms with Crippen LogP contribution < -0.4 is 0 Å². The van der Waals surface area contributed by atoms with Gasteiger partial charge in [0.05, 0.1) is 13.1 Å². The first kappa shape index (κ1) is 12.5. The van der Waals surface area contributed by atoms with Crippen LogP contribution in [0.5, 0.6) is 0 Å². The molecule has 2 aliphatic heterocycles. The van der Waals surface area contributed by atoms with Crippen LogP contribution >= 0.6 is 0 Å². The number of aryl methyl sites for hydroxylation is 1. The number of imidazole rings is 1. The van der Waals surface area contributed by atoms with Crippen molar-refractivity contribution < 1.29 is 9.53 Å². The molecule has 0 bridgehead atoms. The Kier molecular flexibility index (Phi) is 2.97. The number of hydrogen-bond donors (Lipinski definition) is 0. The number of likely N-dealkylation sites (N-methyl/N-ethyl adjacent to an activating group) is 1. The quantitative estimate of drug-likeness (QED) is 0.794. The Morgan fingerprint density at radius 2 is 2.11 bits per heavy atom. The summed E-state index contributed by atoms with van der Waals surface area (Å²) in [6.07, 6.45) is 5.43. The third-order valence-corrected chi connectivity index (χ3v) is 4.19. The molecule has 3 rings (SSSR count). The SMILES string of the molecule is CN1CC2(CCN(Cc3nccn3C)CC2)OC1=O. The topological polar surface area (TPSA) is 50.6 Å². The normalized spacial score (nSPS) is 23.1. The Balaban J connectivity index is 1.58. The summed E-state index contributed by atoms with van der Waals surface area (Å²) >= 11 is 0. The third kappa shape index (κ3) is 2.32. The Morgan fingerprint density at radius 1 is 1.37 bits per heavy atom. The molecule has 2 saturated heterocycles. The summed E-state index contributed by atoms with van der Waals surface area (Å²) in [7, 11) is 3.82. The average molecular weight is 264 g/mol.